The van der Waals surface area contributed by atoms with Crippen LogP contribution in [-0.4, -0.2) is 14.8 Å². The van der Waals surface area contributed by atoms with Crippen LogP contribution in [0.15, 0.2) is 79.0 Å². The van der Waals surface area contributed by atoms with Gasteiger partial charge >= 0.3 is 0 Å². The fourth-order valence-electron chi connectivity index (χ4n) is 2.92. The Kier molecular flexibility index (Phi) is 4.93. The second-order valence-corrected chi connectivity index (χ2v) is 6.49. The summed E-state index contributed by atoms with van der Waals surface area (Å²) in [7, 11) is 0. The molecular formula is C22H21N5O. The molecule has 0 spiro atoms. The summed E-state index contributed by atoms with van der Waals surface area (Å²) in [5.41, 5.74) is 15.4. The van der Waals surface area contributed by atoms with Crippen molar-refractivity contribution in [2.45, 2.75) is 13.2 Å². The van der Waals surface area contributed by atoms with Crippen LogP contribution in [0.2, 0.25) is 0 Å². The van der Waals surface area contributed by atoms with Gasteiger partial charge in [0, 0.05) is 11.8 Å². The molecule has 0 radical (unpaired) electrons. The van der Waals surface area contributed by atoms with E-state index in [0.717, 1.165) is 28.1 Å². The van der Waals surface area contributed by atoms with E-state index in [0.29, 0.717) is 24.8 Å². The highest BCUT2D eigenvalue weighted by atomic mass is 16.5. The van der Waals surface area contributed by atoms with Crippen molar-refractivity contribution in [3.63, 3.8) is 0 Å². The minimum absolute atomic E-state index is 0.380. The average molecular weight is 371 g/mol. The molecule has 140 valence electrons. The third-order valence-corrected chi connectivity index (χ3v) is 4.38. The van der Waals surface area contributed by atoms with E-state index in [2.05, 4.69) is 10.1 Å². The van der Waals surface area contributed by atoms with Crippen molar-refractivity contribution < 1.29 is 4.74 Å². The summed E-state index contributed by atoms with van der Waals surface area (Å²) < 4.78 is 7.69. The van der Waals surface area contributed by atoms with Crippen LogP contribution in [0.1, 0.15) is 11.1 Å². The Balaban J connectivity index is 1.40. The van der Waals surface area contributed by atoms with Gasteiger partial charge in [0.05, 0.1) is 12.2 Å². The number of rotatable bonds is 6. The molecule has 2 aromatic carbocycles. The van der Waals surface area contributed by atoms with Crippen LogP contribution < -0.4 is 16.2 Å². The van der Waals surface area contributed by atoms with E-state index in [1.165, 1.54) is 0 Å². The fraction of sp³-hybridized carbons (Fsp3) is 0.0909. The van der Waals surface area contributed by atoms with E-state index in [1.54, 1.807) is 6.07 Å². The van der Waals surface area contributed by atoms with Crippen LogP contribution in [0.5, 0.6) is 5.75 Å². The number of nitrogens with two attached hydrogens (primary N) is 2. The van der Waals surface area contributed by atoms with Gasteiger partial charge in [0.2, 0.25) is 0 Å². The van der Waals surface area contributed by atoms with Gasteiger partial charge in [0.25, 0.3) is 0 Å². The third-order valence-electron chi connectivity index (χ3n) is 4.38. The Hall–Kier alpha value is -3.80. The number of nitrogens with zero attached hydrogens (tertiary/aromatic N) is 3. The van der Waals surface area contributed by atoms with Crippen molar-refractivity contribution in [1.82, 2.24) is 14.8 Å². The maximum Gasteiger partial charge on any atom is 0.135 e. The summed E-state index contributed by atoms with van der Waals surface area (Å²) in [6.45, 7) is 1.21. The Morgan fingerprint density at radius 3 is 2.36 bits per heavy atom. The van der Waals surface area contributed by atoms with Gasteiger partial charge in [0.1, 0.15) is 24.0 Å². The molecule has 0 aliphatic rings. The van der Waals surface area contributed by atoms with Gasteiger partial charge in [-0.05, 0) is 41.5 Å². The largest absolute Gasteiger partial charge is 0.489 e. The van der Waals surface area contributed by atoms with E-state index < -0.39 is 0 Å². The lowest BCUT2D eigenvalue weighted by Crippen LogP contribution is -2.02. The van der Waals surface area contributed by atoms with Gasteiger partial charge in [-0.1, -0.05) is 42.5 Å². The second-order valence-electron chi connectivity index (χ2n) is 6.49. The molecule has 0 saturated heterocycles. The number of hydrogen-bond acceptors (Lipinski definition) is 5. The number of pyridine rings is 1. The van der Waals surface area contributed by atoms with Crippen molar-refractivity contribution in [2.75, 3.05) is 11.5 Å². The van der Waals surface area contributed by atoms with Crippen LogP contribution in [0.25, 0.3) is 11.3 Å². The number of ether oxygens (including phenoxy) is 1. The highest BCUT2D eigenvalue weighted by Gasteiger charge is 2.08. The summed E-state index contributed by atoms with van der Waals surface area (Å²) in [4.78, 5) is 4.08. The van der Waals surface area contributed by atoms with E-state index >= 15 is 0 Å². The normalized spacial score (nSPS) is 10.7. The number of aromatic nitrogens is 3. The molecule has 4 rings (SSSR count). The van der Waals surface area contributed by atoms with E-state index in [1.807, 2.05) is 77.6 Å². The molecule has 0 aliphatic carbocycles. The van der Waals surface area contributed by atoms with Gasteiger partial charge in [-0.15, -0.1) is 0 Å². The van der Waals surface area contributed by atoms with Crippen LogP contribution in [-0.2, 0) is 13.2 Å². The Labute approximate surface area is 163 Å². The number of hydrogen-bond donors (Lipinski definition) is 2. The van der Waals surface area contributed by atoms with Gasteiger partial charge in [0.15, 0.2) is 0 Å². The monoisotopic (exact) mass is 371 g/mol. The predicted molar refractivity (Wildman–Crippen MR) is 111 cm³/mol. The van der Waals surface area contributed by atoms with Gasteiger partial charge in [-0.3, -0.25) is 4.68 Å². The van der Waals surface area contributed by atoms with Crippen molar-refractivity contribution in [3.8, 4) is 17.0 Å². The molecule has 0 saturated carbocycles. The number of nitrogen functional groups attached to an aromatic ring is 2. The van der Waals surface area contributed by atoms with Gasteiger partial charge in [-0.2, -0.15) is 5.10 Å². The molecule has 0 bridgehead atoms. The molecule has 2 heterocycles. The lowest BCUT2D eigenvalue weighted by molar-refractivity contribution is 0.306. The molecule has 0 atom stereocenters. The minimum atomic E-state index is 0.380. The summed E-state index contributed by atoms with van der Waals surface area (Å²) in [5.74, 6) is 1.62. The first kappa shape index (κ1) is 17.6. The smallest absolute Gasteiger partial charge is 0.135 e. The van der Waals surface area contributed by atoms with E-state index in [-0.39, 0.29) is 0 Å². The third kappa shape index (κ3) is 4.12. The van der Waals surface area contributed by atoms with Crippen molar-refractivity contribution >= 4 is 11.6 Å². The van der Waals surface area contributed by atoms with Crippen LogP contribution in [0.3, 0.4) is 0 Å². The fourth-order valence-corrected chi connectivity index (χ4v) is 2.92. The number of anilines is 2. The molecule has 0 unspecified atom stereocenters. The molecular weight excluding hydrogens is 350 g/mol. The predicted octanol–water partition coefficient (Wildman–Crippen LogP) is 3.74. The molecule has 0 amide bonds. The summed E-state index contributed by atoms with van der Waals surface area (Å²) >= 11 is 0. The lowest BCUT2D eigenvalue weighted by Gasteiger charge is -2.08. The molecule has 0 aliphatic heterocycles. The topological polar surface area (TPSA) is 92.0 Å². The second kappa shape index (κ2) is 7.84. The van der Waals surface area contributed by atoms with Gasteiger partial charge < -0.3 is 16.2 Å². The molecule has 6 nitrogen and oxygen atoms in total. The highest BCUT2D eigenvalue weighted by Crippen LogP contribution is 2.23. The first-order chi connectivity index (χ1) is 13.7. The Morgan fingerprint density at radius 1 is 0.821 bits per heavy atom. The van der Waals surface area contributed by atoms with Crippen LogP contribution in [0.4, 0.5) is 11.6 Å². The Morgan fingerprint density at radius 2 is 1.61 bits per heavy atom. The summed E-state index contributed by atoms with van der Waals surface area (Å²) in [6, 6.07) is 23.6. The molecule has 28 heavy (non-hydrogen) atoms. The van der Waals surface area contributed by atoms with Crippen LogP contribution >= 0.6 is 0 Å². The molecule has 4 N–H and O–H groups in total. The van der Waals surface area contributed by atoms with Crippen molar-refractivity contribution in [1.29, 1.82) is 0 Å². The maximum absolute atomic E-state index is 5.95. The zero-order chi connectivity index (χ0) is 19.3. The maximum atomic E-state index is 5.95. The SMILES string of the molecule is Nc1ccc(-c2ccn(Cc3ccc(OCc4ccccc4)cc3)n2)c(N)n1. The van der Waals surface area contributed by atoms with Crippen LogP contribution in [0, 0.1) is 0 Å². The molecule has 6 heteroatoms. The zero-order valence-corrected chi connectivity index (χ0v) is 15.3. The summed E-state index contributed by atoms with van der Waals surface area (Å²) in [6.07, 6.45) is 1.92. The minimum Gasteiger partial charge on any atom is -0.489 e. The van der Waals surface area contributed by atoms with Gasteiger partial charge in [-0.25, -0.2) is 4.98 Å². The average Bonchev–Trinajstić information content (AvgIpc) is 3.16. The quantitative estimate of drug-likeness (QED) is 0.539. The molecule has 0 fully saturated rings. The zero-order valence-electron chi connectivity index (χ0n) is 15.3. The highest BCUT2D eigenvalue weighted by molar-refractivity contribution is 5.71. The molecule has 2 aromatic heterocycles. The Bertz CT molecular complexity index is 1060. The molecule has 4 aromatic rings. The van der Waals surface area contributed by atoms with Crippen molar-refractivity contribution in [2.24, 2.45) is 0 Å². The standard InChI is InChI=1S/C22H21N5O/c23-21-11-10-19(22(24)25-21)20-12-13-27(26-20)14-16-6-8-18(9-7-16)28-15-17-4-2-1-3-5-17/h1-13H,14-15H2,(H4,23,24,25). The number of benzene rings is 2. The van der Waals surface area contributed by atoms with E-state index in [4.69, 9.17) is 16.2 Å². The van der Waals surface area contributed by atoms with E-state index in [9.17, 15) is 0 Å². The lowest BCUT2D eigenvalue weighted by atomic mass is 10.2. The first-order valence-electron chi connectivity index (χ1n) is 8.99. The van der Waals surface area contributed by atoms with Crippen molar-refractivity contribution in [3.05, 3.63) is 90.1 Å². The summed E-state index contributed by atoms with van der Waals surface area (Å²) in [5, 5.41) is 4.59. The first-order valence-corrected chi connectivity index (χ1v) is 8.99.